The second-order valence-corrected chi connectivity index (χ2v) is 30.5. The van der Waals surface area contributed by atoms with E-state index < -0.39 is 0 Å². The van der Waals surface area contributed by atoms with Gasteiger partial charge in [-0.15, -0.1) is 0 Å². The molecule has 0 saturated heterocycles. The number of methoxy groups -OCH3 is 1. The monoisotopic (exact) mass is 1840 g/mol. The molecule has 0 bridgehead atoms. The standard InChI is InChI=1S/C18H16N4O2.C18H15N3O3.C17H13N3O2.C17H19N3O2.C15H13N5O2.C15H12N4O2S/c1-12-3-4-14(22-13(12)2)7-18(23)17-8-15(5-6-21-17)24-16-9-19-11-20-10-16;1-23-18-6-2-4-13(21-18)10-17(22)16-11-14(7-9-20-16)24-15-5-3-8-19-12-15;21-17(10-13-4-1-2-8-19-13)16-11-14(6-9-20-16)22-15-5-3-7-18-12-15;21-17(8-13-4-2-1-3-5-13)16-9-14(6-7-20-16)22-15-10-18-12-19-11-15;1-20-10-18-15(19-20)8-14(21)13-7-11(4-6-17-13)22-12-3-2-5-16-9-12;1-10-18-15(22-19-10)8-14(20)13-7-11(4-6-17-13)21-12-3-2-5-16-9-12/h3-6,8-11H,7H2,1-2H3;2-9,11-12H,10H2,1H3;1-9,11-12H,10H2;6-7,9-13H,1-5,8H2;2-7,9-10H,8H2,1H3;2-7,9H,8H2,1H3. The highest BCUT2D eigenvalue weighted by Gasteiger charge is 2.22. The minimum Gasteiger partial charge on any atom is -0.481 e. The number of nitrogens with zero attached hydrogens (tertiary/aromatic N) is 22. The predicted octanol–water partition coefficient (Wildman–Crippen LogP) is 17.8. The molecule has 17 aromatic heterocycles. The number of ketones is 6. The van der Waals surface area contributed by atoms with Gasteiger partial charge in [-0.05, 0) is 153 Å². The van der Waals surface area contributed by atoms with Crippen LogP contribution in [0.2, 0.25) is 0 Å². The number of ether oxygens (including phenoxy) is 7. The Balaban J connectivity index is 0.000000138. The highest BCUT2D eigenvalue weighted by atomic mass is 32.1. The molecule has 0 radical (unpaired) electrons. The van der Waals surface area contributed by atoms with Gasteiger partial charge in [0, 0.05) is 141 Å². The number of aryl methyl sites for hydroxylation is 4. The van der Waals surface area contributed by atoms with Crippen LogP contribution >= 0.6 is 11.5 Å². The van der Waals surface area contributed by atoms with Crippen LogP contribution in [0.25, 0.3) is 0 Å². The van der Waals surface area contributed by atoms with Crippen LogP contribution < -0.4 is 33.2 Å². The first-order chi connectivity index (χ1) is 66.4. The average Bonchev–Trinajstić information content (AvgIpc) is 1.01. The van der Waals surface area contributed by atoms with E-state index in [9.17, 15) is 28.8 Å². The third kappa shape index (κ3) is 31.6. The van der Waals surface area contributed by atoms with E-state index >= 15 is 0 Å². The molecule has 1 aliphatic carbocycles. The van der Waals surface area contributed by atoms with Crippen molar-refractivity contribution in [1.29, 1.82) is 0 Å². The van der Waals surface area contributed by atoms with E-state index in [4.69, 9.17) is 33.2 Å². The topological polar surface area (TPSA) is 443 Å². The van der Waals surface area contributed by atoms with Crippen molar-refractivity contribution in [1.82, 2.24) is 109 Å². The normalized spacial score (nSPS) is 11.2. The lowest BCUT2D eigenvalue weighted by Crippen LogP contribution is -2.13. The van der Waals surface area contributed by atoms with Gasteiger partial charge in [0.25, 0.3) is 0 Å². The van der Waals surface area contributed by atoms with Crippen LogP contribution in [0.4, 0.5) is 0 Å². The Morgan fingerprint density at radius 3 is 1.11 bits per heavy atom. The number of aromatic nitrogens is 22. The number of hydrogen-bond donors (Lipinski definition) is 0. The molecule has 0 N–H and O–H groups in total. The lowest BCUT2D eigenvalue weighted by atomic mass is 9.85. The fraction of sp³-hybridized carbons (Fsp3) is 0.170. The molecule has 0 unspecified atom stereocenters. The number of hydrogen-bond acceptors (Lipinski definition) is 35. The number of pyridine rings is 13. The van der Waals surface area contributed by atoms with Gasteiger partial charge < -0.3 is 33.2 Å². The third-order valence-corrected chi connectivity index (χ3v) is 20.1. The number of rotatable bonds is 31. The van der Waals surface area contributed by atoms with Crippen molar-refractivity contribution in [3.8, 4) is 74.9 Å². The Kier molecular flexibility index (Phi) is 35.7. The van der Waals surface area contributed by atoms with E-state index in [0.29, 0.717) is 149 Å². The highest BCUT2D eigenvalue weighted by molar-refractivity contribution is 7.05. The van der Waals surface area contributed by atoms with Crippen LogP contribution in [0.15, 0.2) is 307 Å². The predicted molar refractivity (Wildman–Crippen MR) is 497 cm³/mol. The summed E-state index contributed by atoms with van der Waals surface area (Å²) in [5, 5.41) is 4.77. The van der Waals surface area contributed by atoms with Crippen LogP contribution in [-0.2, 0) is 39.2 Å². The molecular weight excluding hydrogens is 1750 g/mol. The molecule has 136 heavy (non-hydrogen) atoms. The second-order valence-electron chi connectivity index (χ2n) is 29.7. The maximum Gasteiger partial charge on any atom is 0.213 e. The molecule has 0 aromatic carbocycles. The van der Waals surface area contributed by atoms with Crippen molar-refractivity contribution >= 4 is 46.2 Å². The summed E-state index contributed by atoms with van der Waals surface area (Å²) in [6.07, 6.45) is 42.2. The lowest BCUT2D eigenvalue weighted by molar-refractivity contribution is 0.0941. The molecule has 0 aliphatic heterocycles. The maximum atomic E-state index is 12.4. The SMILES string of the molecule is COc1cccc(CC(=O)c2cc(Oc3cccnc3)ccn2)n1.Cc1ccc(CC(=O)c2cc(Oc3cncnc3)ccn2)nc1C.Cc1nsc(CC(=O)c2cc(Oc3cccnc3)ccn2)n1.Cn1cnc(CC(=O)c2cc(Oc3cccnc3)ccn2)n1.O=C(CC1CCCCC1)c1cc(Oc2cncnc2)ccn1.O=C(Cc1ccccn1)c1cc(Oc2cccnc2)ccn1. The van der Waals surface area contributed by atoms with Gasteiger partial charge in [-0.3, -0.25) is 93.3 Å². The van der Waals surface area contributed by atoms with Crippen molar-refractivity contribution < 1.29 is 61.9 Å². The van der Waals surface area contributed by atoms with Crippen molar-refractivity contribution in [2.45, 2.75) is 91.4 Å². The zero-order valence-corrected chi connectivity index (χ0v) is 75.1. The van der Waals surface area contributed by atoms with Gasteiger partial charge in [0.2, 0.25) is 5.88 Å². The molecule has 1 fully saturated rings. The first kappa shape index (κ1) is 96.0. The fourth-order valence-corrected chi connectivity index (χ4v) is 13.3. The number of carbonyl (C=O) groups is 6. The van der Waals surface area contributed by atoms with Gasteiger partial charge in [-0.2, -0.15) is 9.47 Å². The van der Waals surface area contributed by atoms with E-state index in [-0.39, 0.29) is 66.8 Å². The Bertz CT molecular complexity index is 6610. The molecule has 0 spiro atoms. The summed E-state index contributed by atoms with van der Waals surface area (Å²) in [7, 11) is 3.29. The maximum absolute atomic E-state index is 12.4. The van der Waals surface area contributed by atoms with Gasteiger partial charge in [0.1, 0.15) is 121 Å². The second kappa shape index (κ2) is 50.6. The zero-order valence-electron chi connectivity index (χ0n) is 74.3. The van der Waals surface area contributed by atoms with E-state index in [1.165, 1.54) is 63.0 Å². The summed E-state index contributed by atoms with van der Waals surface area (Å²) in [6, 6.07) is 48.8. The molecule has 17 aromatic rings. The molecular formula is C100H88N22O13S. The van der Waals surface area contributed by atoms with Gasteiger partial charge in [-0.1, -0.05) is 50.3 Å². The van der Waals surface area contributed by atoms with E-state index in [2.05, 4.69) is 104 Å². The summed E-state index contributed by atoms with van der Waals surface area (Å²) in [4.78, 5) is 151. The van der Waals surface area contributed by atoms with Gasteiger partial charge in [0.05, 0.1) is 94.5 Å². The van der Waals surface area contributed by atoms with E-state index in [1.54, 1.807) is 270 Å². The van der Waals surface area contributed by atoms with E-state index in [1.807, 2.05) is 44.2 Å². The highest BCUT2D eigenvalue weighted by Crippen LogP contribution is 2.31. The van der Waals surface area contributed by atoms with Crippen LogP contribution in [-0.4, -0.2) is 151 Å². The minimum atomic E-state index is -0.164. The summed E-state index contributed by atoms with van der Waals surface area (Å²) in [6.45, 7) is 5.71. The van der Waals surface area contributed by atoms with Gasteiger partial charge in [-0.25, -0.2) is 34.9 Å². The summed E-state index contributed by atoms with van der Waals surface area (Å²) < 4.78 is 44.5. The first-order valence-corrected chi connectivity index (χ1v) is 43.3. The number of carbonyl (C=O) groups excluding carboxylic acids is 6. The Morgan fingerprint density at radius 1 is 0.346 bits per heavy atom. The van der Waals surface area contributed by atoms with Crippen molar-refractivity contribution in [2.75, 3.05) is 7.11 Å². The van der Waals surface area contributed by atoms with Crippen molar-refractivity contribution in [3.63, 3.8) is 0 Å². The molecule has 17 heterocycles. The van der Waals surface area contributed by atoms with Crippen molar-refractivity contribution in [2.24, 2.45) is 13.0 Å². The largest absolute Gasteiger partial charge is 0.481 e. The number of Topliss-reactive ketones (excluding diaryl/α,β-unsaturated/α-hetero) is 6. The smallest absolute Gasteiger partial charge is 0.213 e. The molecule has 1 saturated carbocycles. The molecule has 36 heteroatoms. The molecule has 18 rings (SSSR count). The molecule has 0 amide bonds. The molecule has 35 nitrogen and oxygen atoms in total. The molecule has 0 atom stereocenters. The Labute approximate surface area is 784 Å². The van der Waals surface area contributed by atoms with Crippen LogP contribution in [0, 0.1) is 26.7 Å². The Morgan fingerprint density at radius 2 is 0.735 bits per heavy atom. The lowest BCUT2D eigenvalue weighted by Gasteiger charge is -2.20. The summed E-state index contributed by atoms with van der Waals surface area (Å²) in [5.41, 5.74) is 6.24. The minimum absolute atomic E-state index is 0.0988. The van der Waals surface area contributed by atoms with Gasteiger partial charge >= 0.3 is 0 Å². The average molecular weight is 1840 g/mol. The van der Waals surface area contributed by atoms with Crippen molar-refractivity contribution in [3.05, 3.63) is 386 Å². The fourth-order valence-electron chi connectivity index (χ4n) is 12.7. The van der Waals surface area contributed by atoms with E-state index in [0.717, 1.165) is 29.8 Å². The zero-order chi connectivity index (χ0) is 94.8. The van der Waals surface area contributed by atoms with Gasteiger partial charge in [0.15, 0.2) is 52.0 Å². The molecule has 682 valence electrons. The van der Waals surface area contributed by atoms with Crippen LogP contribution in [0.1, 0.15) is 146 Å². The van der Waals surface area contributed by atoms with Crippen LogP contribution in [0.3, 0.4) is 0 Å². The third-order valence-electron chi connectivity index (χ3n) is 19.3. The first-order valence-electron chi connectivity index (χ1n) is 42.5. The summed E-state index contributed by atoms with van der Waals surface area (Å²) in [5.74, 6) is 8.26. The quantitative estimate of drug-likeness (QED) is 0.0364. The Hall–Kier alpha value is -17.6. The molecule has 1 aliphatic rings. The van der Waals surface area contributed by atoms with Crippen LogP contribution in [0.5, 0.6) is 74.9 Å². The summed E-state index contributed by atoms with van der Waals surface area (Å²) >= 11 is 1.23.